The number of rotatable bonds is 5. The molecule has 1 aromatic rings. The molecule has 2 rings (SSSR count). The molecule has 7 heteroatoms. The normalized spacial score (nSPS) is 22.6. The Morgan fingerprint density at radius 1 is 1.38 bits per heavy atom. The van der Waals surface area contributed by atoms with Crippen LogP contribution in [0.5, 0.6) is 0 Å². The first-order valence-corrected chi connectivity index (χ1v) is 6.38. The monoisotopic (exact) mass is 300 g/mol. The van der Waals surface area contributed by atoms with E-state index in [2.05, 4.69) is 16.7 Å². The van der Waals surface area contributed by atoms with E-state index >= 15 is 0 Å². The third-order valence-electron chi connectivity index (χ3n) is 3.31. The van der Waals surface area contributed by atoms with Gasteiger partial charge in [0.25, 0.3) is 5.91 Å². The van der Waals surface area contributed by atoms with E-state index in [-0.39, 0.29) is 13.0 Å². The molecule has 1 N–H and O–H groups in total. The van der Waals surface area contributed by atoms with Gasteiger partial charge in [-0.05, 0) is 12.0 Å². The van der Waals surface area contributed by atoms with Crippen molar-refractivity contribution >= 4 is 5.91 Å². The molecule has 0 bridgehead atoms. The molecule has 1 aromatic carbocycles. The second-order valence-corrected chi connectivity index (χ2v) is 4.64. The molecule has 1 amide bonds. The minimum Gasteiger partial charge on any atom is -0.296 e. The summed E-state index contributed by atoms with van der Waals surface area (Å²) in [4.78, 5) is 16.2. The highest BCUT2D eigenvalue weighted by Gasteiger charge is 2.51. The average Bonchev–Trinajstić information content (AvgIpc) is 2.74. The lowest BCUT2D eigenvalue weighted by atomic mass is 9.88. The maximum absolute atomic E-state index is 12.4. The first kappa shape index (κ1) is 15.5. The van der Waals surface area contributed by atoms with Crippen LogP contribution in [0.4, 0.5) is 13.2 Å². The molecule has 0 saturated carbocycles. The maximum atomic E-state index is 12.4. The molecule has 0 aliphatic carbocycles. The lowest BCUT2D eigenvalue weighted by molar-refractivity contribution is -0.399. The number of carbonyl (C=O) groups is 1. The Morgan fingerprint density at radius 2 is 2.05 bits per heavy atom. The van der Waals surface area contributed by atoms with Crippen LogP contribution < -0.4 is 5.32 Å². The zero-order chi connectivity index (χ0) is 15.5. The Balaban J connectivity index is 2.30. The Kier molecular flexibility index (Phi) is 4.34. The van der Waals surface area contributed by atoms with Crippen LogP contribution in [0.25, 0.3) is 0 Å². The van der Waals surface area contributed by atoms with Gasteiger partial charge in [0.15, 0.2) is 0 Å². The van der Waals surface area contributed by atoms with E-state index in [9.17, 15) is 18.0 Å². The molecular formula is C14H15F3N2O2. The summed E-state index contributed by atoms with van der Waals surface area (Å²) in [6.45, 7) is 3.70. The van der Waals surface area contributed by atoms with Gasteiger partial charge in [-0.15, -0.1) is 19.8 Å². The van der Waals surface area contributed by atoms with Crippen molar-refractivity contribution in [3.8, 4) is 0 Å². The Hall–Kier alpha value is -1.86. The lowest BCUT2D eigenvalue weighted by Gasteiger charge is -2.29. The number of alkyl halides is 3. The van der Waals surface area contributed by atoms with Gasteiger partial charge in [-0.25, -0.2) is 5.06 Å². The molecule has 4 nitrogen and oxygen atoms in total. The van der Waals surface area contributed by atoms with E-state index in [0.29, 0.717) is 17.2 Å². The van der Waals surface area contributed by atoms with Gasteiger partial charge < -0.3 is 0 Å². The largest absolute Gasteiger partial charge is 0.544 e. The number of amides is 1. The number of hydroxylamine groups is 2. The lowest BCUT2D eigenvalue weighted by Crippen LogP contribution is -2.49. The van der Waals surface area contributed by atoms with Crippen molar-refractivity contribution in [3.63, 3.8) is 0 Å². The molecule has 1 aliphatic rings. The van der Waals surface area contributed by atoms with Crippen molar-refractivity contribution in [1.82, 2.24) is 10.4 Å². The van der Waals surface area contributed by atoms with E-state index in [1.54, 1.807) is 36.4 Å². The van der Waals surface area contributed by atoms with Gasteiger partial charge in [0, 0.05) is 6.54 Å². The molecule has 1 atom stereocenters. The first-order valence-electron chi connectivity index (χ1n) is 6.38. The zero-order valence-electron chi connectivity index (χ0n) is 11.2. The van der Waals surface area contributed by atoms with Crippen molar-refractivity contribution in [3.05, 3.63) is 48.6 Å². The van der Waals surface area contributed by atoms with Crippen LogP contribution in [0.2, 0.25) is 0 Å². The summed E-state index contributed by atoms with van der Waals surface area (Å²) in [6.07, 6.45) is -3.16. The van der Waals surface area contributed by atoms with Gasteiger partial charge in [0.2, 0.25) is 0 Å². The fourth-order valence-corrected chi connectivity index (χ4v) is 2.41. The van der Waals surface area contributed by atoms with Gasteiger partial charge in [-0.2, -0.15) is 4.84 Å². The van der Waals surface area contributed by atoms with Gasteiger partial charge in [-0.1, -0.05) is 36.4 Å². The molecule has 0 spiro atoms. The Bertz CT molecular complexity index is 519. The molecule has 0 radical (unpaired) electrons. The number of nitrogens with zero attached hydrogens (tertiary/aromatic N) is 1. The molecular weight excluding hydrogens is 285 g/mol. The highest BCUT2D eigenvalue weighted by atomic mass is 19.4. The zero-order valence-corrected chi connectivity index (χ0v) is 11.2. The third kappa shape index (κ3) is 3.25. The number of benzene rings is 1. The van der Waals surface area contributed by atoms with E-state index in [0.717, 1.165) is 0 Å². The second-order valence-electron chi connectivity index (χ2n) is 4.64. The Morgan fingerprint density at radius 3 is 2.62 bits per heavy atom. The smallest absolute Gasteiger partial charge is 0.296 e. The van der Waals surface area contributed by atoms with Crippen molar-refractivity contribution in [1.29, 1.82) is 0 Å². The molecule has 1 fully saturated rings. The molecule has 1 aliphatic heterocycles. The van der Waals surface area contributed by atoms with E-state index in [4.69, 9.17) is 0 Å². The number of nitrogens with one attached hydrogen (secondary N) is 1. The molecule has 0 aromatic heterocycles. The SMILES string of the molecule is C=CCNC1(c2ccccc2)CCN(OC(F)(F)F)C1=O. The topological polar surface area (TPSA) is 41.6 Å². The van der Waals surface area contributed by atoms with E-state index in [1.165, 1.54) is 0 Å². The van der Waals surface area contributed by atoms with Crippen molar-refractivity contribution in [2.75, 3.05) is 13.1 Å². The summed E-state index contributed by atoms with van der Waals surface area (Å²) >= 11 is 0. The van der Waals surface area contributed by atoms with Gasteiger partial charge in [0.05, 0.1) is 6.54 Å². The standard InChI is InChI=1S/C14H15F3N2O2/c1-2-9-18-13(11-6-4-3-5-7-11)8-10-19(12(13)20)21-14(15,16)17/h2-7,18H,1,8-10H2. The molecule has 1 saturated heterocycles. The quantitative estimate of drug-likeness (QED) is 0.849. The highest BCUT2D eigenvalue weighted by molar-refractivity contribution is 5.89. The number of carbonyl (C=O) groups excluding carboxylic acids is 1. The summed E-state index contributed by atoms with van der Waals surface area (Å²) < 4.78 is 37.0. The van der Waals surface area contributed by atoms with Crippen LogP contribution in [0.1, 0.15) is 12.0 Å². The summed E-state index contributed by atoms with van der Waals surface area (Å²) in [5.41, 5.74) is -0.620. The maximum Gasteiger partial charge on any atom is 0.544 e. The van der Waals surface area contributed by atoms with Crippen molar-refractivity contribution < 1.29 is 22.8 Å². The average molecular weight is 300 g/mol. The predicted molar refractivity (Wildman–Crippen MR) is 69.8 cm³/mol. The van der Waals surface area contributed by atoms with Crippen molar-refractivity contribution in [2.45, 2.75) is 18.3 Å². The van der Waals surface area contributed by atoms with Crippen LogP contribution in [-0.4, -0.2) is 30.4 Å². The van der Waals surface area contributed by atoms with Crippen LogP contribution >= 0.6 is 0 Å². The van der Waals surface area contributed by atoms with Gasteiger partial charge >= 0.3 is 6.36 Å². The fraction of sp³-hybridized carbons (Fsp3) is 0.357. The molecule has 1 unspecified atom stereocenters. The Labute approximate surface area is 120 Å². The minimum absolute atomic E-state index is 0.141. The van der Waals surface area contributed by atoms with E-state index in [1.807, 2.05) is 0 Å². The van der Waals surface area contributed by atoms with Crippen LogP contribution in [0, 0.1) is 0 Å². The molecule has 114 valence electrons. The summed E-state index contributed by atoms with van der Waals surface area (Å²) in [6, 6.07) is 8.63. The number of hydrogen-bond acceptors (Lipinski definition) is 3. The highest BCUT2D eigenvalue weighted by Crippen LogP contribution is 2.35. The summed E-state index contributed by atoms with van der Waals surface area (Å²) in [7, 11) is 0. The first-order chi connectivity index (χ1) is 9.89. The number of halogens is 3. The minimum atomic E-state index is -4.89. The molecule has 1 heterocycles. The van der Waals surface area contributed by atoms with Gasteiger partial charge in [0.1, 0.15) is 5.54 Å². The van der Waals surface area contributed by atoms with Crippen LogP contribution in [0.3, 0.4) is 0 Å². The number of hydrogen-bond donors (Lipinski definition) is 1. The van der Waals surface area contributed by atoms with Crippen molar-refractivity contribution in [2.24, 2.45) is 0 Å². The van der Waals surface area contributed by atoms with Crippen LogP contribution in [-0.2, 0) is 15.2 Å². The summed E-state index contributed by atoms with van der Waals surface area (Å²) in [5.74, 6) is -0.757. The predicted octanol–water partition coefficient (Wildman–Crippen LogP) is 2.34. The van der Waals surface area contributed by atoms with E-state index < -0.39 is 17.8 Å². The van der Waals surface area contributed by atoms with Crippen LogP contribution in [0.15, 0.2) is 43.0 Å². The third-order valence-corrected chi connectivity index (χ3v) is 3.31. The summed E-state index contributed by atoms with van der Waals surface area (Å²) in [5, 5.41) is 3.33. The molecule has 21 heavy (non-hydrogen) atoms. The van der Waals surface area contributed by atoms with Gasteiger partial charge in [-0.3, -0.25) is 10.1 Å². The fourth-order valence-electron chi connectivity index (χ4n) is 2.41. The second kappa shape index (κ2) is 5.87.